The monoisotopic (exact) mass is 391 g/mol. The second-order valence-corrected chi connectivity index (χ2v) is 10.1. The number of hydrogen-bond acceptors (Lipinski definition) is 3. The fourth-order valence-electron chi connectivity index (χ4n) is 4.84. The molecule has 0 spiro atoms. The second kappa shape index (κ2) is 7.76. The Morgan fingerprint density at radius 3 is 2.63 bits per heavy atom. The van der Waals surface area contributed by atoms with Gasteiger partial charge < -0.3 is 5.11 Å². The zero-order chi connectivity index (χ0) is 19.7. The zero-order valence-corrected chi connectivity index (χ0v) is 16.8. The van der Waals surface area contributed by atoms with Crippen LogP contribution < -0.4 is 4.72 Å². The van der Waals surface area contributed by atoms with Crippen LogP contribution in [0, 0.1) is 23.2 Å². The van der Waals surface area contributed by atoms with Crippen LogP contribution in [0.2, 0.25) is 0 Å². The van der Waals surface area contributed by atoms with Crippen LogP contribution >= 0.6 is 0 Å². The van der Waals surface area contributed by atoms with Crippen molar-refractivity contribution in [3.63, 3.8) is 0 Å². The van der Waals surface area contributed by atoms with E-state index < -0.39 is 16.0 Å². The van der Waals surface area contributed by atoms with Crippen molar-refractivity contribution in [2.75, 3.05) is 0 Å². The summed E-state index contributed by atoms with van der Waals surface area (Å²) in [7, 11) is -3.50. The summed E-state index contributed by atoms with van der Waals surface area (Å²) in [6, 6.07) is 8.49. The Hall–Kier alpha value is -1.66. The topological polar surface area (TPSA) is 83.5 Å². The van der Waals surface area contributed by atoms with Crippen molar-refractivity contribution in [2.24, 2.45) is 23.2 Å². The molecule has 2 saturated carbocycles. The first-order chi connectivity index (χ1) is 12.7. The molecule has 1 aromatic carbocycles. The minimum absolute atomic E-state index is 0.0399. The summed E-state index contributed by atoms with van der Waals surface area (Å²) < 4.78 is 28.4. The van der Waals surface area contributed by atoms with Gasteiger partial charge in [-0.3, -0.25) is 4.79 Å². The van der Waals surface area contributed by atoms with E-state index in [0.29, 0.717) is 29.1 Å². The molecule has 0 amide bonds. The number of carboxylic acids is 1. The van der Waals surface area contributed by atoms with Gasteiger partial charge in [0, 0.05) is 12.5 Å². The van der Waals surface area contributed by atoms with Crippen LogP contribution in [0.1, 0.15) is 46.0 Å². The summed E-state index contributed by atoms with van der Waals surface area (Å²) >= 11 is 0. The first kappa shape index (κ1) is 20.1. The number of unbranched alkanes of at least 4 members (excludes halogenated alkanes) is 1. The summed E-state index contributed by atoms with van der Waals surface area (Å²) in [6.45, 7) is 4.54. The molecule has 6 heteroatoms. The molecule has 2 N–H and O–H groups in total. The van der Waals surface area contributed by atoms with Crippen molar-refractivity contribution in [3.8, 4) is 0 Å². The van der Waals surface area contributed by atoms with Crippen molar-refractivity contribution >= 4 is 16.0 Å². The van der Waals surface area contributed by atoms with Crippen molar-refractivity contribution < 1.29 is 18.3 Å². The standard InChI is InChI=1S/C21H29NO4S/c1-21(2)17-14-18(22-27(25,26)15-10-6-5-7-11-15)16(20(17)21)12-8-3-4-9-13-19(23)24/h3,5-8,10-11,16-18,20,22H,4,9,12-14H2,1-2H3,(H,23,24)/t16-,17-,18+,20+/m1/s1. The molecule has 0 aliphatic heterocycles. The number of aliphatic carboxylic acids is 1. The van der Waals surface area contributed by atoms with Gasteiger partial charge in [-0.05, 0) is 61.0 Å². The Morgan fingerprint density at radius 2 is 1.96 bits per heavy atom. The van der Waals surface area contributed by atoms with Crippen LogP contribution in [-0.2, 0) is 14.8 Å². The summed E-state index contributed by atoms with van der Waals surface area (Å²) in [4.78, 5) is 10.9. The molecule has 148 valence electrons. The number of hydrogen-bond donors (Lipinski definition) is 2. The summed E-state index contributed by atoms with van der Waals surface area (Å²) in [5.74, 6) is 0.646. The Labute approximate surface area is 161 Å². The molecule has 4 atom stereocenters. The van der Waals surface area contributed by atoms with Gasteiger partial charge in [-0.15, -0.1) is 0 Å². The molecule has 0 aromatic heterocycles. The highest BCUT2D eigenvalue weighted by atomic mass is 32.2. The van der Waals surface area contributed by atoms with E-state index in [0.717, 1.165) is 19.3 Å². The highest BCUT2D eigenvalue weighted by molar-refractivity contribution is 7.89. The van der Waals surface area contributed by atoms with Crippen molar-refractivity contribution in [1.29, 1.82) is 0 Å². The van der Waals surface area contributed by atoms with E-state index in [1.54, 1.807) is 24.3 Å². The molecule has 2 aliphatic rings. The smallest absolute Gasteiger partial charge is 0.303 e. The molecule has 1 aromatic rings. The Morgan fingerprint density at radius 1 is 1.26 bits per heavy atom. The van der Waals surface area contributed by atoms with Crippen LogP contribution in [0.15, 0.2) is 47.4 Å². The van der Waals surface area contributed by atoms with Gasteiger partial charge in [0.15, 0.2) is 0 Å². The van der Waals surface area contributed by atoms with Crippen LogP contribution in [0.5, 0.6) is 0 Å². The first-order valence-electron chi connectivity index (χ1n) is 9.67. The molecule has 0 radical (unpaired) electrons. The number of carbonyl (C=O) groups is 1. The predicted molar refractivity (Wildman–Crippen MR) is 105 cm³/mol. The first-order valence-corrected chi connectivity index (χ1v) is 11.2. The maximum Gasteiger partial charge on any atom is 0.303 e. The van der Waals surface area contributed by atoms with Gasteiger partial charge in [0.2, 0.25) is 10.0 Å². The third-order valence-corrected chi connectivity index (χ3v) is 7.83. The maximum atomic E-state index is 12.7. The van der Waals surface area contributed by atoms with E-state index in [1.807, 2.05) is 12.1 Å². The summed E-state index contributed by atoms with van der Waals surface area (Å²) in [5, 5.41) is 8.69. The average molecular weight is 392 g/mol. The highest BCUT2D eigenvalue weighted by Gasteiger charge is 2.66. The molecule has 2 fully saturated rings. The summed E-state index contributed by atoms with van der Waals surface area (Å²) in [6.07, 6.45) is 7.43. The van der Waals surface area contributed by atoms with Gasteiger partial charge in [0.05, 0.1) is 4.90 Å². The Bertz CT molecular complexity index is 801. The van der Waals surface area contributed by atoms with Gasteiger partial charge in [0.25, 0.3) is 0 Å². The Balaban J connectivity index is 1.63. The predicted octanol–water partition coefficient (Wildman–Crippen LogP) is 3.83. The number of allylic oxidation sites excluding steroid dienone is 2. The number of carboxylic acid groups (broad SMARTS) is 1. The third-order valence-electron chi connectivity index (χ3n) is 6.32. The van der Waals surface area contributed by atoms with Crippen LogP contribution in [0.25, 0.3) is 0 Å². The van der Waals surface area contributed by atoms with Crippen LogP contribution in [0.4, 0.5) is 0 Å². The lowest BCUT2D eigenvalue weighted by Crippen LogP contribution is -2.40. The van der Waals surface area contributed by atoms with Gasteiger partial charge in [-0.1, -0.05) is 44.2 Å². The molecule has 3 rings (SSSR count). The minimum atomic E-state index is -3.50. The second-order valence-electron chi connectivity index (χ2n) is 8.39. The van der Waals surface area contributed by atoms with E-state index in [1.165, 1.54) is 0 Å². The maximum absolute atomic E-state index is 12.7. The molecule has 0 saturated heterocycles. The van der Waals surface area contributed by atoms with Crippen molar-refractivity contribution in [1.82, 2.24) is 4.72 Å². The molecule has 5 nitrogen and oxygen atoms in total. The van der Waals surface area contributed by atoms with Crippen LogP contribution in [-0.4, -0.2) is 25.5 Å². The lowest BCUT2D eigenvalue weighted by atomic mass is 9.87. The van der Waals surface area contributed by atoms with Gasteiger partial charge in [0.1, 0.15) is 0 Å². The number of nitrogens with one attached hydrogen (secondary N) is 1. The number of sulfonamides is 1. The van der Waals surface area contributed by atoms with E-state index >= 15 is 0 Å². The molecule has 2 aliphatic carbocycles. The lowest BCUT2D eigenvalue weighted by molar-refractivity contribution is -0.137. The SMILES string of the molecule is CC1(C)[C@H]2[C@H](CC=CCCCC(=O)O)[C@@H](NS(=O)(=O)c3ccccc3)C[C@H]21. The largest absolute Gasteiger partial charge is 0.481 e. The number of fused-ring (bicyclic) bond motifs is 1. The minimum Gasteiger partial charge on any atom is -0.481 e. The number of benzene rings is 1. The van der Waals surface area contributed by atoms with Crippen LogP contribution in [0.3, 0.4) is 0 Å². The normalized spacial score (nSPS) is 29.0. The van der Waals surface area contributed by atoms with E-state index in [-0.39, 0.29) is 17.9 Å². The fourth-order valence-corrected chi connectivity index (χ4v) is 6.16. The highest BCUT2D eigenvalue weighted by Crippen LogP contribution is 2.69. The lowest BCUT2D eigenvalue weighted by Gasteiger charge is -2.26. The van der Waals surface area contributed by atoms with Crippen molar-refractivity contribution in [2.45, 2.75) is 56.9 Å². The van der Waals surface area contributed by atoms with Crippen molar-refractivity contribution in [3.05, 3.63) is 42.5 Å². The summed E-state index contributed by atoms with van der Waals surface area (Å²) in [5.41, 5.74) is 0.288. The van der Waals surface area contributed by atoms with E-state index in [2.05, 4.69) is 24.6 Å². The van der Waals surface area contributed by atoms with E-state index in [9.17, 15) is 13.2 Å². The molecule has 0 bridgehead atoms. The number of rotatable bonds is 9. The van der Waals surface area contributed by atoms with Gasteiger partial charge in [-0.25, -0.2) is 13.1 Å². The van der Waals surface area contributed by atoms with E-state index in [4.69, 9.17) is 5.11 Å². The molecular formula is C21H29NO4S. The molecule has 27 heavy (non-hydrogen) atoms. The quantitative estimate of drug-likeness (QED) is 0.495. The zero-order valence-electron chi connectivity index (χ0n) is 16.0. The third kappa shape index (κ3) is 4.43. The fraction of sp³-hybridized carbons (Fsp3) is 0.571. The Kier molecular flexibility index (Phi) is 5.77. The van der Waals surface area contributed by atoms with Gasteiger partial charge >= 0.3 is 5.97 Å². The molecule has 0 heterocycles. The average Bonchev–Trinajstić information content (AvgIpc) is 2.95. The molecular weight excluding hydrogens is 362 g/mol. The molecule has 0 unspecified atom stereocenters. The van der Waals surface area contributed by atoms with Gasteiger partial charge in [-0.2, -0.15) is 0 Å².